The fourth-order valence-corrected chi connectivity index (χ4v) is 2.72. The van der Waals surface area contributed by atoms with Crippen LogP contribution in [0.5, 0.6) is 0 Å². The summed E-state index contributed by atoms with van der Waals surface area (Å²) in [6, 6.07) is 0. The fraction of sp³-hybridized carbons (Fsp3) is 0.538. The molecule has 3 rings (SSSR count). The van der Waals surface area contributed by atoms with Crippen LogP contribution < -0.4 is 5.32 Å². The van der Waals surface area contributed by atoms with E-state index in [1.807, 2.05) is 24.0 Å². The maximum Gasteiger partial charge on any atom is 0.159 e. The SMILES string of the molecule is CNCc1cnn2cc(C3CCCC3)cnc12. The van der Waals surface area contributed by atoms with Crippen LogP contribution in [0.1, 0.15) is 42.7 Å². The van der Waals surface area contributed by atoms with Gasteiger partial charge >= 0.3 is 0 Å². The Hall–Kier alpha value is -1.42. The van der Waals surface area contributed by atoms with Gasteiger partial charge in [-0.3, -0.25) is 0 Å². The molecule has 1 N–H and O–H groups in total. The second-order valence-corrected chi connectivity index (χ2v) is 4.84. The summed E-state index contributed by atoms with van der Waals surface area (Å²) in [5, 5.41) is 7.52. The van der Waals surface area contributed by atoms with E-state index in [0.29, 0.717) is 5.92 Å². The zero-order valence-corrected chi connectivity index (χ0v) is 10.2. The van der Waals surface area contributed by atoms with Crippen molar-refractivity contribution in [2.75, 3.05) is 7.05 Å². The second-order valence-electron chi connectivity index (χ2n) is 4.84. The molecule has 0 radical (unpaired) electrons. The first kappa shape index (κ1) is 10.7. The summed E-state index contributed by atoms with van der Waals surface area (Å²) in [6.45, 7) is 0.819. The van der Waals surface area contributed by atoms with Gasteiger partial charge in [-0.15, -0.1) is 0 Å². The molecule has 4 heteroatoms. The second kappa shape index (κ2) is 4.45. The smallest absolute Gasteiger partial charge is 0.159 e. The van der Waals surface area contributed by atoms with Crippen LogP contribution in [0.25, 0.3) is 5.65 Å². The van der Waals surface area contributed by atoms with E-state index in [1.54, 1.807) is 0 Å². The average Bonchev–Trinajstić information content (AvgIpc) is 2.98. The van der Waals surface area contributed by atoms with Gasteiger partial charge in [0, 0.05) is 24.5 Å². The number of nitrogens with zero attached hydrogens (tertiary/aromatic N) is 3. The van der Waals surface area contributed by atoms with Crippen molar-refractivity contribution in [1.82, 2.24) is 19.9 Å². The molecule has 4 nitrogen and oxygen atoms in total. The number of aromatic nitrogens is 3. The Morgan fingerprint density at radius 1 is 1.35 bits per heavy atom. The number of hydrogen-bond acceptors (Lipinski definition) is 3. The van der Waals surface area contributed by atoms with Crippen molar-refractivity contribution < 1.29 is 0 Å². The molecular formula is C13H18N4. The van der Waals surface area contributed by atoms with E-state index in [2.05, 4.69) is 21.6 Å². The third-order valence-corrected chi connectivity index (χ3v) is 3.64. The Bertz CT molecular complexity index is 511. The van der Waals surface area contributed by atoms with Crippen LogP contribution in [0.3, 0.4) is 0 Å². The lowest BCUT2D eigenvalue weighted by Crippen LogP contribution is -2.05. The molecule has 0 aromatic carbocycles. The zero-order chi connectivity index (χ0) is 11.7. The first-order chi connectivity index (χ1) is 8.38. The molecular weight excluding hydrogens is 212 g/mol. The van der Waals surface area contributed by atoms with Crippen LogP contribution in [0.2, 0.25) is 0 Å². The van der Waals surface area contributed by atoms with E-state index in [9.17, 15) is 0 Å². The summed E-state index contributed by atoms with van der Waals surface area (Å²) >= 11 is 0. The minimum atomic E-state index is 0.698. The van der Waals surface area contributed by atoms with Crippen molar-refractivity contribution >= 4 is 5.65 Å². The van der Waals surface area contributed by atoms with Crippen molar-refractivity contribution in [3.8, 4) is 0 Å². The summed E-state index contributed by atoms with van der Waals surface area (Å²) in [5.41, 5.74) is 3.47. The molecule has 1 aliphatic carbocycles. The monoisotopic (exact) mass is 230 g/mol. The average molecular weight is 230 g/mol. The maximum absolute atomic E-state index is 4.56. The molecule has 17 heavy (non-hydrogen) atoms. The van der Waals surface area contributed by atoms with E-state index >= 15 is 0 Å². The molecule has 0 atom stereocenters. The van der Waals surface area contributed by atoms with Crippen LogP contribution in [0.4, 0.5) is 0 Å². The normalized spacial score (nSPS) is 17.0. The van der Waals surface area contributed by atoms with Gasteiger partial charge in [-0.1, -0.05) is 12.8 Å². The highest BCUT2D eigenvalue weighted by Crippen LogP contribution is 2.33. The van der Waals surface area contributed by atoms with Crippen LogP contribution in [-0.2, 0) is 6.54 Å². The molecule has 0 aliphatic heterocycles. The summed E-state index contributed by atoms with van der Waals surface area (Å²) < 4.78 is 1.92. The van der Waals surface area contributed by atoms with Gasteiger partial charge in [0.05, 0.1) is 6.20 Å². The lowest BCUT2D eigenvalue weighted by molar-refractivity contribution is 0.707. The van der Waals surface area contributed by atoms with Gasteiger partial charge in [-0.2, -0.15) is 5.10 Å². The van der Waals surface area contributed by atoms with Crippen molar-refractivity contribution in [3.05, 3.63) is 29.7 Å². The van der Waals surface area contributed by atoms with Gasteiger partial charge in [0.2, 0.25) is 0 Å². The van der Waals surface area contributed by atoms with Gasteiger partial charge in [-0.05, 0) is 31.4 Å². The topological polar surface area (TPSA) is 42.2 Å². The standard InChI is InChI=1S/C13H18N4/c1-14-6-11-8-16-17-9-12(7-15-13(11)17)10-4-2-3-5-10/h7-10,14H,2-6H2,1H3. The van der Waals surface area contributed by atoms with E-state index in [-0.39, 0.29) is 0 Å². The van der Waals surface area contributed by atoms with Crippen LogP contribution in [0, 0.1) is 0 Å². The predicted molar refractivity (Wildman–Crippen MR) is 67.0 cm³/mol. The minimum absolute atomic E-state index is 0.698. The highest BCUT2D eigenvalue weighted by Gasteiger charge is 2.18. The Morgan fingerprint density at radius 2 is 2.18 bits per heavy atom. The molecule has 2 aromatic rings. The molecule has 90 valence electrons. The summed E-state index contributed by atoms with van der Waals surface area (Å²) in [5.74, 6) is 0.698. The molecule has 1 saturated carbocycles. The highest BCUT2D eigenvalue weighted by atomic mass is 15.2. The fourth-order valence-electron chi connectivity index (χ4n) is 2.72. The third kappa shape index (κ3) is 1.93. The lowest BCUT2D eigenvalue weighted by atomic mass is 10.0. The number of rotatable bonds is 3. The molecule has 2 heterocycles. The van der Waals surface area contributed by atoms with Crippen molar-refractivity contribution in [2.24, 2.45) is 0 Å². The quantitative estimate of drug-likeness (QED) is 0.878. The van der Waals surface area contributed by atoms with Crippen LogP contribution in [-0.4, -0.2) is 21.6 Å². The summed E-state index contributed by atoms with van der Waals surface area (Å²) in [4.78, 5) is 4.56. The first-order valence-electron chi connectivity index (χ1n) is 6.35. The summed E-state index contributed by atoms with van der Waals surface area (Å²) in [6.07, 6.45) is 11.4. The lowest BCUT2D eigenvalue weighted by Gasteiger charge is -2.08. The largest absolute Gasteiger partial charge is 0.315 e. The van der Waals surface area contributed by atoms with Crippen molar-refractivity contribution in [3.63, 3.8) is 0 Å². The Kier molecular flexibility index (Phi) is 2.81. The summed E-state index contributed by atoms with van der Waals surface area (Å²) in [7, 11) is 1.94. The molecule has 1 fully saturated rings. The molecule has 0 saturated heterocycles. The van der Waals surface area contributed by atoms with Gasteiger partial charge in [0.25, 0.3) is 0 Å². The molecule has 1 aliphatic rings. The Balaban J connectivity index is 1.96. The number of hydrogen-bond donors (Lipinski definition) is 1. The zero-order valence-electron chi connectivity index (χ0n) is 10.2. The Morgan fingerprint density at radius 3 is 2.94 bits per heavy atom. The molecule has 0 spiro atoms. The molecule has 0 amide bonds. The maximum atomic E-state index is 4.56. The van der Waals surface area contributed by atoms with Crippen LogP contribution in [0.15, 0.2) is 18.6 Å². The van der Waals surface area contributed by atoms with Crippen LogP contribution >= 0.6 is 0 Å². The number of fused-ring (bicyclic) bond motifs is 1. The molecule has 0 bridgehead atoms. The van der Waals surface area contributed by atoms with Gasteiger partial charge in [-0.25, -0.2) is 9.50 Å². The van der Waals surface area contributed by atoms with Gasteiger partial charge in [0.15, 0.2) is 5.65 Å². The molecule has 2 aromatic heterocycles. The van der Waals surface area contributed by atoms with Gasteiger partial charge in [0.1, 0.15) is 0 Å². The van der Waals surface area contributed by atoms with Gasteiger partial charge < -0.3 is 5.32 Å². The minimum Gasteiger partial charge on any atom is -0.315 e. The number of nitrogens with one attached hydrogen (secondary N) is 1. The predicted octanol–water partition coefficient (Wildman–Crippen LogP) is 2.11. The highest BCUT2D eigenvalue weighted by molar-refractivity contribution is 5.46. The Labute approximate surface area is 101 Å². The van der Waals surface area contributed by atoms with Crippen molar-refractivity contribution in [1.29, 1.82) is 0 Å². The van der Waals surface area contributed by atoms with Crippen molar-refractivity contribution in [2.45, 2.75) is 38.1 Å². The molecule has 0 unspecified atom stereocenters. The van der Waals surface area contributed by atoms with E-state index in [0.717, 1.165) is 17.8 Å². The van der Waals surface area contributed by atoms with E-state index in [4.69, 9.17) is 0 Å². The third-order valence-electron chi connectivity index (χ3n) is 3.64. The van der Waals surface area contributed by atoms with E-state index in [1.165, 1.54) is 31.2 Å². The first-order valence-corrected chi connectivity index (χ1v) is 6.35. The van der Waals surface area contributed by atoms with E-state index < -0.39 is 0 Å².